The van der Waals surface area contributed by atoms with Gasteiger partial charge in [-0.25, -0.2) is 9.78 Å². The maximum atomic E-state index is 12.6. The van der Waals surface area contributed by atoms with Crippen LogP contribution in [0.1, 0.15) is 22.5 Å². The fourth-order valence-electron chi connectivity index (χ4n) is 2.79. The number of hydrogen-bond donors (Lipinski definition) is 1. The van der Waals surface area contributed by atoms with E-state index < -0.39 is 17.9 Å². The zero-order chi connectivity index (χ0) is 20.5. The van der Waals surface area contributed by atoms with Crippen LogP contribution in [0.3, 0.4) is 0 Å². The second kappa shape index (κ2) is 10.3. The summed E-state index contributed by atoms with van der Waals surface area (Å²) in [4.78, 5) is 47.0. The van der Waals surface area contributed by atoms with Gasteiger partial charge in [-0.3, -0.25) is 14.6 Å². The van der Waals surface area contributed by atoms with Crippen LogP contribution in [-0.4, -0.2) is 65.0 Å². The molecule has 0 saturated carbocycles. The van der Waals surface area contributed by atoms with Crippen molar-refractivity contribution < 1.29 is 23.9 Å². The van der Waals surface area contributed by atoms with Gasteiger partial charge in [0.25, 0.3) is 5.91 Å². The zero-order valence-electron chi connectivity index (χ0n) is 15.8. The Kier molecular flexibility index (Phi) is 7.23. The Morgan fingerprint density at radius 3 is 2.59 bits per heavy atom. The molecule has 9 heteroatoms. The Labute approximate surface area is 168 Å². The Morgan fingerprint density at radius 1 is 1.14 bits per heavy atom. The molecule has 9 nitrogen and oxygen atoms in total. The monoisotopic (exact) mass is 398 g/mol. The molecule has 1 N–H and O–H groups in total. The van der Waals surface area contributed by atoms with E-state index >= 15 is 0 Å². The van der Waals surface area contributed by atoms with Crippen LogP contribution in [0.15, 0.2) is 48.9 Å². The average Bonchev–Trinajstić information content (AvgIpc) is 2.78. The molecule has 2 aromatic rings. The predicted octanol–water partition coefficient (Wildman–Crippen LogP) is 0.567. The number of morpholine rings is 1. The third-order valence-corrected chi connectivity index (χ3v) is 4.35. The molecule has 0 unspecified atom stereocenters. The van der Waals surface area contributed by atoms with Crippen LogP contribution in [0.5, 0.6) is 0 Å². The molecule has 1 aromatic heterocycles. The van der Waals surface area contributed by atoms with E-state index in [1.807, 2.05) is 30.3 Å². The predicted molar refractivity (Wildman–Crippen MR) is 102 cm³/mol. The number of carbonyl (C=O) groups is 3. The van der Waals surface area contributed by atoms with E-state index in [1.165, 1.54) is 18.6 Å². The first-order valence-electron chi connectivity index (χ1n) is 9.26. The summed E-state index contributed by atoms with van der Waals surface area (Å²) in [5.41, 5.74) is 0.853. The molecule has 2 heterocycles. The minimum absolute atomic E-state index is 0.0446. The number of nitrogens with one attached hydrogen (secondary N) is 1. The summed E-state index contributed by atoms with van der Waals surface area (Å²) in [7, 11) is 0. The van der Waals surface area contributed by atoms with Gasteiger partial charge in [-0.1, -0.05) is 30.3 Å². The third-order valence-electron chi connectivity index (χ3n) is 4.35. The molecular formula is C20H22N4O5. The van der Waals surface area contributed by atoms with E-state index in [1.54, 1.807) is 4.90 Å². The normalized spacial score (nSPS) is 14.7. The molecule has 0 aliphatic carbocycles. The van der Waals surface area contributed by atoms with Gasteiger partial charge in [0.05, 0.1) is 25.8 Å². The molecule has 1 fully saturated rings. The standard InChI is InChI=1S/C20H22N4O5/c25-18(24-8-10-28-11-9-24)12-16(23-19(26)17-13-21-6-7-22-17)20(27)29-14-15-4-2-1-3-5-15/h1-7,13,16H,8-12,14H2,(H,23,26)/t16-/m1/s1. The lowest BCUT2D eigenvalue weighted by molar-refractivity contribution is -0.150. The number of ether oxygens (including phenoxy) is 2. The number of amides is 2. The molecule has 3 rings (SSSR count). The lowest BCUT2D eigenvalue weighted by Crippen LogP contribution is -2.48. The fraction of sp³-hybridized carbons (Fsp3) is 0.350. The van der Waals surface area contributed by atoms with Crippen molar-refractivity contribution in [1.82, 2.24) is 20.2 Å². The van der Waals surface area contributed by atoms with Gasteiger partial charge in [-0.05, 0) is 5.56 Å². The first-order valence-corrected chi connectivity index (χ1v) is 9.26. The summed E-state index contributed by atoms with van der Waals surface area (Å²) < 4.78 is 10.6. The Hall–Kier alpha value is -3.33. The third kappa shape index (κ3) is 6.08. The molecule has 1 atom stereocenters. The Morgan fingerprint density at radius 2 is 1.90 bits per heavy atom. The second-order valence-electron chi connectivity index (χ2n) is 6.41. The highest BCUT2D eigenvalue weighted by atomic mass is 16.5. The number of nitrogens with zero attached hydrogens (tertiary/aromatic N) is 3. The topological polar surface area (TPSA) is 111 Å². The van der Waals surface area contributed by atoms with Gasteiger partial charge < -0.3 is 19.7 Å². The highest BCUT2D eigenvalue weighted by Crippen LogP contribution is 2.08. The van der Waals surface area contributed by atoms with E-state index in [2.05, 4.69) is 15.3 Å². The summed E-state index contributed by atoms with van der Waals surface area (Å²) in [5, 5.41) is 2.54. The van der Waals surface area contributed by atoms with Crippen molar-refractivity contribution in [2.75, 3.05) is 26.3 Å². The molecule has 1 aliphatic rings. The van der Waals surface area contributed by atoms with Gasteiger partial charge in [0.1, 0.15) is 18.3 Å². The highest BCUT2D eigenvalue weighted by molar-refractivity contribution is 5.96. The number of rotatable bonds is 7. The van der Waals surface area contributed by atoms with Crippen LogP contribution in [0, 0.1) is 0 Å². The lowest BCUT2D eigenvalue weighted by atomic mass is 10.1. The first-order chi connectivity index (χ1) is 14.1. The number of aromatic nitrogens is 2. The van der Waals surface area contributed by atoms with Gasteiger partial charge in [-0.2, -0.15) is 0 Å². The van der Waals surface area contributed by atoms with Crippen molar-refractivity contribution in [3.63, 3.8) is 0 Å². The van der Waals surface area contributed by atoms with Crippen LogP contribution in [0.4, 0.5) is 0 Å². The van der Waals surface area contributed by atoms with Crippen LogP contribution in [0.2, 0.25) is 0 Å². The number of benzene rings is 1. The molecule has 152 valence electrons. The molecule has 1 aromatic carbocycles. The molecule has 1 saturated heterocycles. The van der Waals surface area contributed by atoms with Gasteiger partial charge in [-0.15, -0.1) is 0 Å². The maximum absolute atomic E-state index is 12.6. The van der Waals surface area contributed by atoms with Crippen molar-refractivity contribution >= 4 is 17.8 Å². The summed E-state index contributed by atoms with van der Waals surface area (Å²) in [6.07, 6.45) is 3.88. The van der Waals surface area contributed by atoms with Crippen molar-refractivity contribution in [2.24, 2.45) is 0 Å². The van der Waals surface area contributed by atoms with Crippen molar-refractivity contribution in [3.8, 4) is 0 Å². The quantitative estimate of drug-likeness (QED) is 0.679. The van der Waals surface area contributed by atoms with E-state index in [9.17, 15) is 14.4 Å². The molecule has 0 spiro atoms. The minimum Gasteiger partial charge on any atom is -0.459 e. The molecule has 1 aliphatic heterocycles. The molecule has 0 radical (unpaired) electrons. The summed E-state index contributed by atoms with van der Waals surface area (Å²) in [5.74, 6) is -1.54. The number of esters is 1. The van der Waals surface area contributed by atoms with Crippen LogP contribution >= 0.6 is 0 Å². The number of carbonyl (C=O) groups excluding carboxylic acids is 3. The summed E-state index contributed by atoms with van der Waals surface area (Å²) in [6.45, 7) is 1.83. The first kappa shape index (κ1) is 20.4. The van der Waals surface area contributed by atoms with E-state index in [4.69, 9.17) is 9.47 Å². The average molecular weight is 398 g/mol. The van der Waals surface area contributed by atoms with Crippen LogP contribution < -0.4 is 5.32 Å². The van der Waals surface area contributed by atoms with Gasteiger partial charge >= 0.3 is 5.97 Å². The fourth-order valence-corrected chi connectivity index (χ4v) is 2.79. The van der Waals surface area contributed by atoms with Crippen molar-refractivity contribution in [2.45, 2.75) is 19.1 Å². The molecule has 0 bridgehead atoms. The minimum atomic E-state index is -1.14. The van der Waals surface area contributed by atoms with E-state index in [0.717, 1.165) is 5.56 Å². The highest BCUT2D eigenvalue weighted by Gasteiger charge is 2.29. The zero-order valence-corrected chi connectivity index (χ0v) is 15.8. The van der Waals surface area contributed by atoms with Crippen molar-refractivity contribution in [3.05, 3.63) is 60.2 Å². The van der Waals surface area contributed by atoms with E-state index in [0.29, 0.717) is 26.3 Å². The Balaban J connectivity index is 1.66. The van der Waals surface area contributed by atoms with Crippen molar-refractivity contribution in [1.29, 1.82) is 0 Å². The van der Waals surface area contributed by atoms with Gasteiger partial charge in [0.2, 0.25) is 5.91 Å². The molecule has 29 heavy (non-hydrogen) atoms. The number of hydrogen-bond acceptors (Lipinski definition) is 7. The maximum Gasteiger partial charge on any atom is 0.329 e. The van der Waals surface area contributed by atoms with E-state index in [-0.39, 0.29) is 24.6 Å². The molecule has 2 amide bonds. The van der Waals surface area contributed by atoms with Crippen LogP contribution in [0.25, 0.3) is 0 Å². The Bertz CT molecular complexity index is 825. The SMILES string of the molecule is O=C(N[C@H](CC(=O)N1CCOCC1)C(=O)OCc1ccccc1)c1cnccn1. The smallest absolute Gasteiger partial charge is 0.329 e. The summed E-state index contributed by atoms with van der Waals surface area (Å²) >= 11 is 0. The van der Waals surface area contributed by atoms with Gasteiger partial charge in [0.15, 0.2) is 0 Å². The summed E-state index contributed by atoms with van der Waals surface area (Å²) in [6, 6.07) is 8.02. The van der Waals surface area contributed by atoms with Gasteiger partial charge in [0, 0.05) is 25.5 Å². The molecular weight excluding hydrogens is 376 g/mol. The lowest BCUT2D eigenvalue weighted by Gasteiger charge is -2.28. The largest absolute Gasteiger partial charge is 0.459 e. The second-order valence-corrected chi connectivity index (χ2v) is 6.41. The van der Waals surface area contributed by atoms with Crippen LogP contribution in [-0.2, 0) is 25.7 Å².